The Balaban J connectivity index is 2.11. The van der Waals surface area contributed by atoms with Crippen molar-refractivity contribution in [3.63, 3.8) is 0 Å². The van der Waals surface area contributed by atoms with Gasteiger partial charge in [0.25, 0.3) is 0 Å². The highest BCUT2D eigenvalue weighted by atomic mass is 16.5. The number of benzene rings is 2. The minimum Gasteiger partial charge on any atom is -0.497 e. The fourth-order valence-electron chi connectivity index (χ4n) is 2.32. The monoisotopic (exact) mass is 356 g/mol. The van der Waals surface area contributed by atoms with Crippen molar-refractivity contribution in [2.45, 2.75) is 6.92 Å². The molecule has 26 heavy (non-hydrogen) atoms. The van der Waals surface area contributed by atoms with Gasteiger partial charge >= 0.3 is 5.97 Å². The number of hydrogen-bond donors (Lipinski definition) is 1. The van der Waals surface area contributed by atoms with Gasteiger partial charge in [-0.25, -0.2) is 4.79 Å². The third-order valence-electron chi connectivity index (χ3n) is 3.64. The van der Waals surface area contributed by atoms with Crippen LogP contribution in [0.1, 0.15) is 17.3 Å². The molecule has 7 nitrogen and oxygen atoms in total. The zero-order valence-electron chi connectivity index (χ0n) is 14.8. The van der Waals surface area contributed by atoms with Gasteiger partial charge in [0.1, 0.15) is 12.3 Å². The van der Waals surface area contributed by atoms with Gasteiger partial charge in [0.2, 0.25) is 11.8 Å². The summed E-state index contributed by atoms with van der Waals surface area (Å²) in [6.07, 6.45) is 0. The van der Waals surface area contributed by atoms with E-state index in [2.05, 4.69) is 10.1 Å². The summed E-state index contributed by atoms with van der Waals surface area (Å²) in [5.41, 5.74) is 1.44. The van der Waals surface area contributed by atoms with E-state index in [1.807, 2.05) is 0 Å². The molecule has 0 spiro atoms. The predicted molar refractivity (Wildman–Crippen MR) is 97.4 cm³/mol. The summed E-state index contributed by atoms with van der Waals surface area (Å²) in [6.45, 7) is 1.21. The number of ether oxygens (including phenoxy) is 2. The molecule has 2 amide bonds. The SMILES string of the molecule is COC(=O)c1ccc(N(CC(=O)Nc2cccc(OC)c2)C(C)=O)cc1. The van der Waals surface area contributed by atoms with Crippen molar-refractivity contribution in [3.8, 4) is 5.75 Å². The van der Waals surface area contributed by atoms with E-state index < -0.39 is 5.97 Å². The van der Waals surface area contributed by atoms with Crippen molar-refractivity contribution in [1.82, 2.24) is 0 Å². The van der Waals surface area contributed by atoms with Crippen LogP contribution in [0.25, 0.3) is 0 Å². The Labute approximate surface area is 151 Å². The van der Waals surface area contributed by atoms with Crippen LogP contribution in [0.3, 0.4) is 0 Å². The topological polar surface area (TPSA) is 84.9 Å². The number of methoxy groups -OCH3 is 2. The van der Waals surface area contributed by atoms with Gasteiger partial charge in [0, 0.05) is 24.4 Å². The van der Waals surface area contributed by atoms with Crippen molar-refractivity contribution < 1.29 is 23.9 Å². The van der Waals surface area contributed by atoms with Crippen molar-refractivity contribution in [1.29, 1.82) is 0 Å². The third kappa shape index (κ3) is 4.83. The summed E-state index contributed by atoms with van der Waals surface area (Å²) in [5.74, 6) is -0.506. The Morgan fingerprint density at radius 2 is 1.73 bits per heavy atom. The highest BCUT2D eigenvalue weighted by molar-refractivity contribution is 6.02. The van der Waals surface area contributed by atoms with Gasteiger partial charge < -0.3 is 19.7 Å². The zero-order valence-corrected chi connectivity index (χ0v) is 14.8. The van der Waals surface area contributed by atoms with Gasteiger partial charge in [-0.15, -0.1) is 0 Å². The molecule has 0 atom stereocenters. The first-order valence-corrected chi connectivity index (χ1v) is 7.85. The molecule has 0 aliphatic rings. The first kappa shape index (κ1) is 19.0. The lowest BCUT2D eigenvalue weighted by Gasteiger charge is -2.21. The molecule has 0 saturated heterocycles. The summed E-state index contributed by atoms with van der Waals surface area (Å²) < 4.78 is 9.75. The molecule has 2 aromatic carbocycles. The average Bonchev–Trinajstić information content (AvgIpc) is 2.65. The molecule has 0 radical (unpaired) electrons. The number of amides is 2. The van der Waals surface area contributed by atoms with Crippen molar-refractivity contribution in [3.05, 3.63) is 54.1 Å². The van der Waals surface area contributed by atoms with Crippen LogP contribution in [0.2, 0.25) is 0 Å². The van der Waals surface area contributed by atoms with E-state index >= 15 is 0 Å². The van der Waals surface area contributed by atoms with Crippen LogP contribution in [0.15, 0.2) is 48.5 Å². The fraction of sp³-hybridized carbons (Fsp3) is 0.211. The average molecular weight is 356 g/mol. The second kappa shape index (κ2) is 8.66. The van der Waals surface area contributed by atoms with Crippen LogP contribution in [0.4, 0.5) is 11.4 Å². The van der Waals surface area contributed by atoms with Crippen molar-refractivity contribution >= 4 is 29.2 Å². The van der Waals surface area contributed by atoms with Crippen LogP contribution in [0, 0.1) is 0 Å². The summed E-state index contributed by atoms with van der Waals surface area (Å²) in [6, 6.07) is 13.2. The number of esters is 1. The van der Waals surface area contributed by atoms with Crippen LogP contribution < -0.4 is 15.0 Å². The quantitative estimate of drug-likeness (QED) is 0.804. The lowest BCUT2D eigenvalue weighted by Crippen LogP contribution is -2.36. The van der Waals surface area contributed by atoms with Crippen LogP contribution >= 0.6 is 0 Å². The van der Waals surface area contributed by atoms with E-state index in [-0.39, 0.29) is 18.4 Å². The molecule has 136 valence electrons. The molecule has 0 fully saturated rings. The molecule has 0 aromatic heterocycles. The maximum atomic E-state index is 12.3. The molecule has 0 bridgehead atoms. The predicted octanol–water partition coefficient (Wildman–Crippen LogP) is 2.47. The Kier molecular flexibility index (Phi) is 6.32. The highest BCUT2D eigenvalue weighted by Crippen LogP contribution is 2.18. The zero-order chi connectivity index (χ0) is 19.1. The van der Waals surface area contributed by atoms with E-state index in [1.165, 1.54) is 38.2 Å². The summed E-state index contributed by atoms with van der Waals surface area (Å²) in [5, 5.41) is 2.72. The molecule has 0 unspecified atom stereocenters. The first-order valence-electron chi connectivity index (χ1n) is 7.85. The van der Waals surface area contributed by atoms with Gasteiger partial charge in [-0.1, -0.05) is 6.07 Å². The van der Waals surface area contributed by atoms with E-state index in [0.29, 0.717) is 22.7 Å². The molecule has 0 saturated carbocycles. The number of carbonyl (C=O) groups is 3. The van der Waals surface area contributed by atoms with Gasteiger partial charge in [-0.05, 0) is 36.4 Å². The minimum absolute atomic E-state index is 0.163. The smallest absolute Gasteiger partial charge is 0.337 e. The van der Waals surface area contributed by atoms with E-state index in [0.717, 1.165) is 0 Å². The number of nitrogens with zero attached hydrogens (tertiary/aromatic N) is 1. The van der Waals surface area contributed by atoms with E-state index in [4.69, 9.17) is 4.74 Å². The Bertz CT molecular complexity index is 802. The molecule has 1 N–H and O–H groups in total. The fourth-order valence-corrected chi connectivity index (χ4v) is 2.32. The molecule has 0 aliphatic carbocycles. The molecule has 0 heterocycles. The standard InChI is InChI=1S/C19H20N2O5/c1-13(22)21(16-9-7-14(8-10-16)19(24)26-3)12-18(23)20-15-5-4-6-17(11-15)25-2/h4-11H,12H2,1-3H3,(H,20,23). The summed E-state index contributed by atoms with van der Waals surface area (Å²) in [4.78, 5) is 37.0. The lowest BCUT2D eigenvalue weighted by molar-refractivity contribution is -0.120. The Morgan fingerprint density at radius 3 is 2.31 bits per heavy atom. The Hall–Kier alpha value is -3.35. The van der Waals surface area contributed by atoms with Crippen molar-refractivity contribution in [2.75, 3.05) is 31.0 Å². The van der Waals surface area contributed by atoms with Crippen LogP contribution in [-0.2, 0) is 14.3 Å². The molecule has 2 rings (SSSR count). The second-order valence-corrected chi connectivity index (χ2v) is 5.42. The number of carbonyl (C=O) groups excluding carboxylic acids is 3. The molecular weight excluding hydrogens is 336 g/mol. The summed E-state index contributed by atoms with van der Waals surface area (Å²) >= 11 is 0. The van der Waals surface area contributed by atoms with Gasteiger partial charge in [0.15, 0.2) is 0 Å². The summed E-state index contributed by atoms with van der Waals surface area (Å²) in [7, 11) is 2.83. The van der Waals surface area contributed by atoms with Gasteiger partial charge in [-0.3, -0.25) is 9.59 Å². The Morgan fingerprint density at radius 1 is 1.04 bits per heavy atom. The van der Waals surface area contributed by atoms with E-state index in [9.17, 15) is 14.4 Å². The van der Waals surface area contributed by atoms with E-state index in [1.54, 1.807) is 36.4 Å². The largest absolute Gasteiger partial charge is 0.497 e. The highest BCUT2D eigenvalue weighted by Gasteiger charge is 2.17. The maximum absolute atomic E-state index is 12.3. The normalized spacial score (nSPS) is 9.96. The van der Waals surface area contributed by atoms with Gasteiger partial charge in [-0.2, -0.15) is 0 Å². The molecular formula is C19H20N2O5. The second-order valence-electron chi connectivity index (χ2n) is 5.42. The lowest BCUT2D eigenvalue weighted by atomic mass is 10.2. The number of anilines is 2. The van der Waals surface area contributed by atoms with Crippen LogP contribution in [0.5, 0.6) is 5.75 Å². The van der Waals surface area contributed by atoms with Gasteiger partial charge in [0.05, 0.1) is 19.8 Å². The number of rotatable bonds is 6. The molecule has 0 aliphatic heterocycles. The number of nitrogens with one attached hydrogen (secondary N) is 1. The van der Waals surface area contributed by atoms with Crippen molar-refractivity contribution in [2.24, 2.45) is 0 Å². The first-order chi connectivity index (χ1) is 12.4. The third-order valence-corrected chi connectivity index (χ3v) is 3.64. The molecule has 2 aromatic rings. The minimum atomic E-state index is -0.471. The number of hydrogen-bond acceptors (Lipinski definition) is 5. The maximum Gasteiger partial charge on any atom is 0.337 e. The molecule has 7 heteroatoms. The van der Waals surface area contributed by atoms with Crippen LogP contribution in [-0.4, -0.2) is 38.5 Å².